The van der Waals surface area contributed by atoms with Crippen molar-refractivity contribution in [2.45, 2.75) is 50.1 Å². The molecule has 0 aliphatic carbocycles. The van der Waals surface area contributed by atoms with Crippen LogP contribution in [0.5, 0.6) is 0 Å². The summed E-state index contributed by atoms with van der Waals surface area (Å²) >= 11 is 1.32. The molecule has 148 valence electrons. The lowest BCUT2D eigenvalue weighted by atomic mass is 9.89. The number of carbonyl (C=O) groups is 1. The second-order valence-corrected chi connectivity index (χ2v) is 8.76. The molecule has 2 heterocycles. The van der Waals surface area contributed by atoms with Crippen LogP contribution in [-0.2, 0) is 15.7 Å². The van der Waals surface area contributed by atoms with Crippen molar-refractivity contribution < 1.29 is 22.7 Å². The van der Waals surface area contributed by atoms with E-state index in [4.69, 9.17) is 4.74 Å². The summed E-state index contributed by atoms with van der Waals surface area (Å²) in [6, 6.07) is 4.84. The first-order valence-corrected chi connectivity index (χ1v) is 9.83. The van der Waals surface area contributed by atoms with Crippen molar-refractivity contribution in [1.82, 2.24) is 5.32 Å². The Morgan fingerprint density at radius 3 is 2.67 bits per heavy atom. The molecule has 0 saturated carbocycles. The van der Waals surface area contributed by atoms with Crippen LogP contribution in [0.4, 0.5) is 13.2 Å². The molecule has 1 saturated heterocycles. The zero-order valence-electron chi connectivity index (χ0n) is 15.3. The average molecular weight is 400 g/mol. The number of halogens is 3. The minimum Gasteiger partial charge on any atom is -0.381 e. The summed E-state index contributed by atoms with van der Waals surface area (Å²) < 4.78 is 44.4. The number of aliphatic imine (C=N–C) groups is 1. The molecule has 1 amide bonds. The predicted molar refractivity (Wildman–Crippen MR) is 99.6 cm³/mol. The van der Waals surface area contributed by atoms with Crippen molar-refractivity contribution in [3.8, 4) is 0 Å². The van der Waals surface area contributed by atoms with Crippen LogP contribution in [0.2, 0.25) is 0 Å². The van der Waals surface area contributed by atoms with Gasteiger partial charge in [-0.1, -0.05) is 30.0 Å². The van der Waals surface area contributed by atoms with Crippen molar-refractivity contribution in [2.75, 3.05) is 13.2 Å². The quantitative estimate of drug-likeness (QED) is 0.805. The Kier molecular flexibility index (Phi) is 5.86. The Balaban J connectivity index is 1.68. The molecule has 2 aliphatic heterocycles. The van der Waals surface area contributed by atoms with Crippen LogP contribution in [0.15, 0.2) is 29.3 Å². The van der Waals surface area contributed by atoms with Gasteiger partial charge in [0.2, 0.25) is 0 Å². The number of rotatable bonds is 4. The molecule has 0 radical (unpaired) electrons. The normalized spacial score (nSPS) is 25.4. The maximum atomic E-state index is 13.2. The molecule has 27 heavy (non-hydrogen) atoms. The Morgan fingerprint density at radius 1 is 1.33 bits per heavy atom. The van der Waals surface area contributed by atoms with Gasteiger partial charge in [-0.15, -0.1) is 0 Å². The van der Waals surface area contributed by atoms with E-state index in [9.17, 15) is 18.0 Å². The lowest BCUT2D eigenvalue weighted by molar-refractivity contribution is -0.138. The minimum atomic E-state index is -4.43. The maximum Gasteiger partial charge on any atom is 0.416 e. The molecule has 0 bridgehead atoms. The number of amidine groups is 1. The molecule has 1 aromatic rings. The molecular formula is C19H23F3N2O2S. The highest BCUT2D eigenvalue weighted by molar-refractivity contribution is 8.16. The molecule has 0 spiro atoms. The molecule has 2 atom stereocenters. The van der Waals surface area contributed by atoms with Gasteiger partial charge in [0.15, 0.2) is 5.17 Å². The van der Waals surface area contributed by atoms with Gasteiger partial charge in [0.05, 0.1) is 11.6 Å². The van der Waals surface area contributed by atoms with Gasteiger partial charge in [-0.05, 0) is 50.7 Å². The van der Waals surface area contributed by atoms with Crippen LogP contribution in [-0.4, -0.2) is 29.0 Å². The zero-order chi connectivity index (χ0) is 19.7. The van der Waals surface area contributed by atoms with E-state index in [2.05, 4.69) is 10.3 Å². The van der Waals surface area contributed by atoms with E-state index in [0.29, 0.717) is 30.7 Å². The Hall–Kier alpha value is -1.54. The lowest BCUT2D eigenvalue weighted by Gasteiger charge is -2.29. The summed E-state index contributed by atoms with van der Waals surface area (Å²) in [5.74, 6) is 0.177. The summed E-state index contributed by atoms with van der Waals surface area (Å²) in [6.07, 6.45) is -1.89. The number of ether oxygens (including phenoxy) is 1. The van der Waals surface area contributed by atoms with Crippen molar-refractivity contribution in [1.29, 1.82) is 0 Å². The number of hydrogen-bond donors (Lipinski definition) is 1. The smallest absolute Gasteiger partial charge is 0.381 e. The van der Waals surface area contributed by atoms with E-state index in [0.717, 1.165) is 18.9 Å². The fourth-order valence-electron chi connectivity index (χ4n) is 3.58. The van der Waals surface area contributed by atoms with E-state index in [1.807, 2.05) is 6.92 Å². The molecule has 1 unspecified atom stereocenters. The van der Waals surface area contributed by atoms with Gasteiger partial charge in [0.1, 0.15) is 4.75 Å². The monoisotopic (exact) mass is 400 g/mol. The fourth-order valence-corrected chi connectivity index (χ4v) is 4.82. The van der Waals surface area contributed by atoms with E-state index < -0.39 is 22.5 Å². The van der Waals surface area contributed by atoms with Gasteiger partial charge in [0, 0.05) is 13.2 Å². The number of nitrogens with zero attached hydrogens (tertiary/aromatic N) is 1. The first-order chi connectivity index (χ1) is 12.7. The van der Waals surface area contributed by atoms with E-state index in [-0.39, 0.29) is 11.5 Å². The number of hydrogen-bond acceptors (Lipinski definition) is 4. The lowest BCUT2D eigenvalue weighted by Crippen LogP contribution is -2.33. The number of benzene rings is 1. The van der Waals surface area contributed by atoms with Gasteiger partial charge in [0.25, 0.3) is 5.91 Å². The third-order valence-electron chi connectivity index (χ3n) is 5.07. The Bertz CT molecular complexity index is 732. The first kappa shape index (κ1) is 20.2. The molecular weight excluding hydrogens is 377 g/mol. The standard InChI is InChI=1S/C19H23F3N2O2S/c1-12(14-5-3-4-6-15(14)19(20,21)22)23-17-24-16(25)18(2,27-17)11-13-7-9-26-10-8-13/h3-6,12-13H,7-11H2,1-2H3,(H,23,24,25)/t12-,18?/m0/s1. The minimum absolute atomic E-state index is 0.138. The number of nitrogens with one attached hydrogen (secondary N) is 1. The van der Waals surface area contributed by atoms with Crippen LogP contribution in [0.25, 0.3) is 0 Å². The maximum absolute atomic E-state index is 13.2. The summed E-state index contributed by atoms with van der Waals surface area (Å²) in [5.41, 5.74) is -0.538. The van der Waals surface area contributed by atoms with Crippen LogP contribution in [0, 0.1) is 5.92 Å². The second-order valence-electron chi connectivity index (χ2n) is 7.27. The largest absolute Gasteiger partial charge is 0.416 e. The highest BCUT2D eigenvalue weighted by atomic mass is 32.2. The molecule has 1 N–H and O–H groups in total. The summed E-state index contributed by atoms with van der Waals surface area (Å²) in [7, 11) is 0. The van der Waals surface area contributed by atoms with Gasteiger partial charge >= 0.3 is 6.18 Å². The molecule has 1 aromatic carbocycles. The van der Waals surface area contributed by atoms with Crippen molar-refractivity contribution in [2.24, 2.45) is 10.9 Å². The molecule has 8 heteroatoms. The summed E-state index contributed by atoms with van der Waals surface area (Å²) in [4.78, 5) is 16.5. The van der Waals surface area contributed by atoms with Crippen LogP contribution in [0.1, 0.15) is 50.3 Å². The van der Waals surface area contributed by atoms with Crippen molar-refractivity contribution in [3.05, 3.63) is 35.4 Å². The summed E-state index contributed by atoms with van der Waals surface area (Å²) in [6.45, 7) is 4.92. The van der Waals surface area contributed by atoms with Gasteiger partial charge in [-0.3, -0.25) is 4.79 Å². The highest BCUT2D eigenvalue weighted by Gasteiger charge is 2.43. The molecule has 3 rings (SSSR count). The van der Waals surface area contributed by atoms with Gasteiger partial charge in [-0.25, -0.2) is 0 Å². The number of amides is 1. The highest BCUT2D eigenvalue weighted by Crippen LogP contribution is 2.41. The molecule has 4 nitrogen and oxygen atoms in total. The average Bonchev–Trinajstić information content (AvgIpc) is 2.88. The number of alkyl halides is 3. The van der Waals surface area contributed by atoms with E-state index in [1.54, 1.807) is 13.0 Å². The SMILES string of the molecule is C[C@H](NC1=NC(=O)C(C)(CC2CCOCC2)S1)c1ccccc1C(F)(F)F. The van der Waals surface area contributed by atoms with E-state index in [1.165, 1.54) is 23.9 Å². The molecule has 1 fully saturated rings. The van der Waals surface area contributed by atoms with Crippen LogP contribution >= 0.6 is 11.8 Å². The second kappa shape index (κ2) is 7.83. The number of thioether (sulfide) groups is 1. The van der Waals surface area contributed by atoms with Crippen molar-refractivity contribution >= 4 is 22.8 Å². The molecule has 2 aliphatic rings. The zero-order valence-corrected chi connectivity index (χ0v) is 16.1. The Labute approximate surface area is 161 Å². The van der Waals surface area contributed by atoms with Gasteiger partial charge in [-0.2, -0.15) is 18.2 Å². The summed E-state index contributed by atoms with van der Waals surface area (Å²) in [5, 5.41) is 3.39. The van der Waals surface area contributed by atoms with Crippen LogP contribution in [0.3, 0.4) is 0 Å². The number of carbonyl (C=O) groups excluding carboxylic acids is 1. The Morgan fingerprint density at radius 2 is 2.00 bits per heavy atom. The van der Waals surface area contributed by atoms with Crippen LogP contribution < -0.4 is 5.32 Å². The van der Waals surface area contributed by atoms with E-state index >= 15 is 0 Å². The predicted octanol–water partition coefficient (Wildman–Crippen LogP) is 4.56. The third kappa shape index (κ3) is 4.66. The van der Waals surface area contributed by atoms with Crippen molar-refractivity contribution in [3.63, 3.8) is 0 Å². The fraction of sp³-hybridized carbons (Fsp3) is 0.579. The van der Waals surface area contributed by atoms with Gasteiger partial charge < -0.3 is 10.1 Å². The molecule has 0 aromatic heterocycles. The first-order valence-electron chi connectivity index (χ1n) is 9.01. The topological polar surface area (TPSA) is 50.7 Å². The third-order valence-corrected chi connectivity index (χ3v) is 6.26.